The van der Waals surface area contributed by atoms with Gasteiger partial charge in [0.1, 0.15) is 0 Å². The molecule has 0 atom stereocenters. The van der Waals surface area contributed by atoms with Crippen LogP contribution in [0.25, 0.3) is 5.70 Å². The van der Waals surface area contributed by atoms with Gasteiger partial charge < -0.3 is 9.80 Å². The molecule has 2 heterocycles. The summed E-state index contributed by atoms with van der Waals surface area (Å²) in [6.45, 7) is 6.27. The van der Waals surface area contributed by atoms with Gasteiger partial charge in [0.05, 0.1) is 0 Å². The van der Waals surface area contributed by atoms with E-state index in [1.807, 2.05) is 30.0 Å². The second-order valence-electron chi connectivity index (χ2n) is 8.00. The highest BCUT2D eigenvalue weighted by atomic mass is 16.2. The van der Waals surface area contributed by atoms with Crippen LogP contribution in [0.3, 0.4) is 0 Å². The Morgan fingerprint density at radius 3 is 2.32 bits per heavy atom. The minimum absolute atomic E-state index is 0.158. The van der Waals surface area contributed by atoms with Gasteiger partial charge in [-0.05, 0) is 69.8 Å². The molecule has 0 saturated carbocycles. The fourth-order valence-corrected chi connectivity index (χ4v) is 4.64. The topological polar surface area (TPSA) is 23.6 Å². The molecule has 0 unspecified atom stereocenters. The maximum Gasteiger partial charge on any atom is 0.258 e. The van der Waals surface area contributed by atoms with E-state index in [0.29, 0.717) is 0 Å². The largest absolute Gasteiger partial charge is 0.308 e. The number of piperidine rings is 1. The number of hydrogen-bond acceptors (Lipinski definition) is 2. The maximum atomic E-state index is 12.7. The van der Waals surface area contributed by atoms with Crippen molar-refractivity contribution in [1.82, 2.24) is 9.80 Å². The van der Waals surface area contributed by atoms with Crippen LogP contribution in [0.5, 0.6) is 0 Å². The normalized spacial score (nSPS) is 19.4. The zero-order chi connectivity index (χ0) is 19.3. The zero-order valence-electron chi connectivity index (χ0n) is 16.8. The lowest BCUT2D eigenvalue weighted by Crippen LogP contribution is -2.36. The molecule has 4 rings (SSSR count). The molecular formula is C25H30N2O. The summed E-state index contributed by atoms with van der Waals surface area (Å²) < 4.78 is 0. The molecule has 3 heteroatoms. The Kier molecular flexibility index (Phi) is 5.92. The van der Waals surface area contributed by atoms with Gasteiger partial charge in [-0.3, -0.25) is 4.79 Å². The third-order valence-corrected chi connectivity index (χ3v) is 6.17. The van der Waals surface area contributed by atoms with Crippen LogP contribution >= 0.6 is 0 Å². The zero-order valence-corrected chi connectivity index (χ0v) is 16.8. The summed E-state index contributed by atoms with van der Waals surface area (Å²) in [5.74, 6) is 0.966. The van der Waals surface area contributed by atoms with E-state index in [9.17, 15) is 4.79 Å². The van der Waals surface area contributed by atoms with Crippen molar-refractivity contribution < 1.29 is 4.79 Å². The van der Waals surface area contributed by atoms with Crippen molar-refractivity contribution in [1.29, 1.82) is 0 Å². The number of allylic oxidation sites excluding steroid dienone is 1. The molecule has 28 heavy (non-hydrogen) atoms. The fourth-order valence-electron chi connectivity index (χ4n) is 4.64. The first-order chi connectivity index (χ1) is 13.8. The van der Waals surface area contributed by atoms with Gasteiger partial charge in [-0.2, -0.15) is 0 Å². The van der Waals surface area contributed by atoms with E-state index in [1.54, 1.807) is 0 Å². The van der Waals surface area contributed by atoms with Gasteiger partial charge in [-0.25, -0.2) is 0 Å². The van der Waals surface area contributed by atoms with Crippen LogP contribution in [0, 0.1) is 5.92 Å². The second-order valence-corrected chi connectivity index (χ2v) is 8.00. The van der Waals surface area contributed by atoms with E-state index in [2.05, 4.69) is 47.4 Å². The lowest BCUT2D eigenvalue weighted by atomic mass is 9.90. The van der Waals surface area contributed by atoms with Crippen molar-refractivity contribution in [2.75, 3.05) is 26.2 Å². The quantitative estimate of drug-likeness (QED) is 0.722. The predicted octanol–water partition coefficient (Wildman–Crippen LogP) is 4.85. The van der Waals surface area contributed by atoms with Crippen molar-refractivity contribution >= 4 is 11.6 Å². The van der Waals surface area contributed by atoms with Gasteiger partial charge in [0, 0.05) is 23.4 Å². The molecule has 2 aliphatic heterocycles. The van der Waals surface area contributed by atoms with Gasteiger partial charge in [0.25, 0.3) is 5.91 Å². The summed E-state index contributed by atoms with van der Waals surface area (Å²) in [7, 11) is 0. The number of amides is 1. The first-order valence-electron chi connectivity index (χ1n) is 10.6. The van der Waals surface area contributed by atoms with E-state index >= 15 is 0 Å². The number of carbonyl (C=O) groups is 1. The lowest BCUT2D eigenvalue weighted by Gasteiger charge is -2.32. The summed E-state index contributed by atoms with van der Waals surface area (Å²) in [5, 5.41) is 0. The van der Waals surface area contributed by atoms with Crippen LogP contribution in [-0.4, -0.2) is 41.9 Å². The number of nitrogens with zero attached hydrogens (tertiary/aromatic N) is 2. The minimum atomic E-state index is 0.158. The average molecular weight is 375 g/mol. The second kappa shape index (κ2) is 8.74. The SMILES string of the molecule is C/C=C1\c2ccccc2C(=O)N1CCCN1CCC(Cc2ccccc2)CC1. The molecule has 2 aromatic rings. The summed E-state index contributed by atoms with van der Waals surface area (Å²) in [4.78, 5) is 17.3. The number of fused-ring (bicyclic) bond motifs is 1. The third-order valence-electron chi connectivity index (χ3n) is 6.17. The smallest absolute Gasteiger partial charge is 0.258 e. The summed E-state index contributed by atoms with van der Waals surface area (Å²) in [6.07, 6.45) is 6.87. The van der Waals surface area contributed by atoms with Crippen molar-refractivity contribution in [3.05, 3.63) is 77.4 Å². The van der Waals surface area contributed by atoms with E-state index in [1.165, 1.54) is 37.9 Å². The van der Waals surface area contributed by atoms with Gasteiger partial charge >= 0.3 is 0 Å². The monoisotopic (exact) mass is 374 g/mol. The van der Waals surface area contributed by atoms with Gasteiger partial charge in [-0.15, -0.1) is 0 Å². The standard InChI is InChI=1S/C25H30N2O/c1-2-24-22-11-6-7-12-23(22)25(28)27(24)16-8-15-26-17-13-21(14-18-26)19-20-9-4-3-5-10-20/h2-7,9-12,21H,8,13-19H2,1H3/b24-2+. The number of carbonyl (C=O) groups excluding carboxylic acids is 1. The predicted molar refractivity (Wildman–Crippen MR) is 115 cm³/mol. The Labute approximate surface area is 168 Å². The first-order valence-corrected chi connectivity index (χ1v) is 10.6. The molecule has 1 saturated heterocycles. The Bertz CT molecular complexity index is 835. The Hall–Kier alpha value is -2.39. The van der Waals surface area contributed by atoms with Crippen LogP contribution in [0.1, 0.15) is 47.7 Å². The summed E-state index contributed by atoms with van der Waals surface area (Å²) >= 11 is 0. The number of rotatable bonds is 6. The molecule has 146 valence electrons. The highest BCUT2D eigenvalue weighted by Crippen LogP contribution is 2.32. The molecular weight excluding hydrogens is 344 g/mol. The third kappa shape index (κ3) is 4.05. The molecule has 3 nitrogen and oxygen atoms in total. The van der Waals surface area contributed by atoms with E-state index in [4.69, 9.17) is 0 Å². The highest BCUT2D eigenvalue weighted by molar-refractivity contribution is 6.09. The van der Waals surface area contributed by atoms with Crippen molar-refractivity contribution in [2.24, 2.45) is 5.92 Å². The van der Waals surface area contributed by atoms with Gasteiger partial charge in [-0.1, -0.05) is 54.6 Å². The van der Waals surface area contributed by atoms with Crippen molar-refractivity contribution in [2.45, 2.75) is 32.6 Å². The maximum absolute atomic E-state index is 12.7. The Balaban J connectivity index is 1.24. The molecule has 1 fully saturated rings. The van der Waals surface area contributed by atoms with Gasteiger partial charge in [0.2, 0.25) is 0 Å². The fraction of sp³-hybridized carbons (Fsp3) is 0.400. The lowest BCUT2D eigenvalue weighted by molar-refractivity contribution is 0.0842. The number of benzene rings is 2. The number of hydrogen-bond donors (Lipinski definition) is 0. The molecule has 1 amide bonds. The molecule has 2 aliphatic rings. The Morgan fingerprint density at radius 1 is 0.929 bits per heavy atom. The van der Waals surface area contributed by atoms with Crippen LogP contribution in [0.4, 0.5) is 0 Å². The van der Waals surface area contributed by atoms with E-state index in [0.717, 1.165) is 42.3 Å². The average Bonchev–Trinajstić information content (AvgIpc) is 3.01. The molecule has 0 aromatic heterocycles. The van der Waals surface area contributed by atoms with Crippen LogP contribution in [-0.2, 0) is 6.42 Å². The van der Waals surface area contributed by atoms with Crippen molar-refractivity contribution in [3.63, 3.8) is 0 Å². The van der Waals surface area contributed by atoms with Crippen LogP contribution in [0.15, 0.2) is 60.7 Å². The molecule has 0 spiro atoms. The molecule has 0 radical (unpaired) electrons. The molecule has 0 N–H and O–H groups in total. The summed E-state index contributed by atoms with van der Waals surface area (Å²) in [6, 6.07) is 18.8. The summed E-state index contributed by atoms with van der Waals surface area (Å²) in [5.41, 5.74) is 4.46. The van der Waals surface area contributed by atoms with Crippen LogP contribution < -0.4 is 0 Å². The van der Waals surface area contributed by atoms with E-state index < -0.39 is 0 Å². The molecule has 0 aliphatic carbocycles. The van der Waals surface area contributed by atoms with Gasteiger partial charge in [0.15, 0.2) is 0 Å². The van der Waals surface area contributed by atoms with Crippen molar-refractivity contribution in [3.8, 4) is 0 Å². The van der Waals surface area contributed by atoms with E-state index in [-0.39, 0.29) is 5.91 Å². The highest BCUT2D eigenvalue weighted by Gasteiger charge is 2.31. The number of likely N-dealkylation sites (tertiary alicyclic amines) is 1. The molecule has 0 bridgehead atoms. The minimum Gasteiger partial charge on any atom is -0.308 e. The Morgan fingerprint density at radius 2 is 1.61 bits per heavy atom. The molecule has 2 aromatic carbocycles. The van der Waals surface area contributed by atoms with Crippen LogP contribution in [0.2, 0.25) is 0 Å². The first kappa shape index (κ1) is 18.9.